The normalized spacial score (nSPS) is 13.5. The minimum atomic E-state index is -1.52. The zero-order chi connectivity index (χ0) is 22.6. The highest BCUT2D eigenvalue weighted by molar-refractivity contribution is 5.93. The first-order valence-corrected chi connectivity index (χ1v) is 8.66. The van der Waals surface area contributed by atoms with Crippen LogP contribution in [0.3, 0.4) is 0 Å². The Hall–Kier alpha value is -3.22. The predicted octanol–water partition coefficient (Wildman–Crippen LogP) is -3.22. The van der Waals surface area contributed by atoms with Crippen molar-refractivity contribution in [2.45, 2.75) is 44.8 Å². The Labute approximate surface area is 166 Å². The summed E-state index contributed by atoms with van der Waals surface area (Å²) in [6, 6.07) is -3.91. The Morgan fingerprint density at radius 2 is 1.59 bits per heavy atom. The summed E-state index contributed by atoms with van der Waals surface area (Å²) < 4.78 is 0. The van der Waals surface area contributed by atoms with Crippen LogP contribution in [0, 0.1) is 5.92 Å². The molecule has 13 nitrogen and oxygen atoms in total. The molecule has 0 radical (unpaired) electrons. The summed E-state index contributed by atoms with van der Waals surface area (Å²) in [5, 5.41) is 35.6. The summed E-state index contributed by atoms with van der Waals surface area (Å²) in [5.41, 5.74) is 0. The Morgan fingerprint density at radius 1 is 0.966 bits per heavy atom. The van der Waals surface area contributed by atoms with Crippen LogP contribution >= 0.6 is 0 Å². The number of hydrogen-bond donors (Lipinski definition) is 7. The quantitative estimate of drug-likeness (QED) is 0.141. The van der Waals surface area contributed by atoms with Gasteiger partial charge < -0.3 is 36.6 Å². The van der Waals surface area contributed by atoms with Crippen LogP contribution in [0.25, 0.3) is 0 Å². The molecule has 0 heterocycles. The fourth-order valence-electron chi connectivity index (χ4n) is 2.16. The van der Waals surface area contributed by atoms with Crippen molar-refractivity contribution < 1.29 is 44.1 Å². The lowest BCUT2D eigenvalue weighted by Gasteiger charge is -2.21. The van der Waals surface area contributed by atoms with Gasteiger partial charge in [0.05, 0.1) is 13.2 Å². The lowest BCUT2D eigenvalue weighted by Crippen LogP contribution is -2.55. The molecule has 0 aliphatic rings. The molecular weight excluding hydrogens is 392 g/mol. The number of carbonyl (C=O) groups is 6. The molecule has 0 spiro atoms. The molecule has 0 aromatic carbocycles. The zero-order valence-corrected chi connectivity index (χ0v) is 16.0. The Kier molecular flexibility index (Phi) is 11.6. The molecule has 13 heteroatoms. The van der Waals surface area contributed by atoms with Crippen molar-refractivity contribution in [1.82, 2.24) is 21.3 Å². The second-order valence-electron chi connectivity index (χ2n) is 6.36. The molecule has 0 bridgehead atoms. The number of rotatable bonds is 14. The molecule has 0 aromatic rings. The summed E-state index contributed by atoms with van der Waals surface area (Å²) in [7, 11) is 0. The van der Waals surface area contributed by atoms with Crippen molar-refractivity contribution in [1.29, 1.82) is 0 Å². The molecule has 3 atom stereocenters. The fraction of sp³-hybridized carbons (Fsp3) is 0.625. The Morgan fingerprint density at radius 3 is 2.03 bits per heavy atom. The zero-order valence-electron chi connectivity index (χ0n) is 16.0. The Balaban J connectivity index is 4.74. The lowest BCUT2D eigenvalue weighted by atomic mass is 10.0. The van der Waals surface area contributed by atoms with E-state index in [1.54, 1.807) is 13.8 Å². The molecular formula is C16H26N4O9. The van der Waals surface area contributed by atoms with Crippen LogP contribution in [-0.2, 0) is 28.8 Å². The monoisotopic (exact) mass is 418 g/mol. The van der Waals surface area contributed by atoms with E-state index in [0.717, 1.165) is 0 Å². The molecule has 0 fully saturated rings. The van der Waals surface area contributed by atoms with Crippen LogP contribution < -0.4 is 21.3 Å². The predicted molar refractivity (Wildman–Crippen MR) is 96.3 cm³/mol. The molecule has 0 unspecified atom stereocenters. The third-order valence-corrected chi connectivity index (χ3v) is 3.72. The highest BCUT2D eigenvalue weighted by Crippen LogP contribution is 2.01. The SMILES string of the molecule is CC(C)[C@H](NC=O)C(=O)NCC(=O)N[C@@H](CO)C(=O)N[C@@H](CCC(=O)O)C(=O)O. The first kappa shape index (κ1) is 25.8. The second-order valence-corrected chi connectivity index (χ2v) is 6.36. The number of carboxylic acids is 2. The number of hydrogen-bond acceptors (Lipinski definition) is 7. The van der Waals surface area contributed by atoms with Crippen molar-refractivity contribution in [2.24, 2.45) is 5.92 Å². The number of carbonyl (C=O) groups excluding carboxylic acids is 4. The molecule has 4 amide bonds. The minimum Gasteiger partial charge on any atom is -0.481 e. The van der Waals surface area contributed by atoms with Gasteiger partial charge in [-0.3, -0.25) is 24.0 Å². The van der Waals surface area contributed by atoms with Crippen LogP contribution in [0.1, 0.15) is 26.7 Å². The number of aliphatic hydroxyl groups excluding tert-OH is 1. The van der Waals surface area contributed by atoms with Crippen molar-refractivity contribution in [2.75, 3.05) is 13.2 Å². The van der Waals surface area contributed by atoms with Crippen molar-refractivity contribution >= 4 is 36.1 Å². The summed E-state index contributed by atoms with van der Waals surface area (Å²) in [6.07, 6.45) is -0.552. The van der Waals surface area contributed by atoms with Gasteiger partial charge >= 0.3 is 11.9 Å². The topological polar surface area (TPSA) is 211 Å². The fourth-order valence-corrected chi connectivity index (χ4v) is 2.16. The van der Waals surface area contributed by atoms with Crippen molar-refractivity contribution in [3.8, 4) is 0 Å². The first-order chi connectivity index (χ1) is 13.5. The van der Waals surface area contributed by atoms with Gasteiger partial charge in [0.2, 0.25) is 24.1 Å². The average molecular weight is 418 g/mol. The molecule has 0 aliphatic heterocycles. The van der Waals surface area contributed by atoms with Crippen LogP contribution in [0.2, 0.25) is 0 Å². The van der Waals surface area contributed by atoms with E-state index in [-0.39, 0.29) is 12.3 Å². The smallest absolute Gasteiger partial charge is 0.326 e. The second kappa shape index (κ2) is 13.0. The summed E-state index contributed by atoms with van der Waals surface area (Å²) in [6.45, 7) is 1.93. The first-order valence-electron chi connectivity index (χ1n) is 8.66. The van der Waals surface area contributed by atoms with Crippen LogP contribution in [-0.4, -0.2) is 82.7 Å². The Bertz CT molecular complexity index is 624. The largest absolute Gasteiger partial charge is 0.481 e. The third-order valence-electron chi connectivity index (χ3n) is 3.72. The van der Waals surface area contributed by atoms with Gasteiger partial charge in [-0.15, -0.1) is 0 Å². The summed E-state index contributed by atoms with van der Waals surface area (Å²) >= 11 is 0. The summed E-state index contributed by atoms with van der Waals surface area (Å²) in [4.78, 5) is 68.1. The van der Waals surface area contributed by atoms with Gasteiger partial charge in [-0.2, -0.15) is 0 Å². The van der Waals surface area contributed by atoms with E-state index in [0.29, 0.717) is 6.41 Å². The number of aliphatic carboxylic acids is 2. The van der Waals surface area contributed by atoms with Crippen LogP contribution in [0.5, 0.6) is 0 Å². The van der Waals surface area contributed by atoms with Gasteiger partial charge in [-0.25, -0.2) is 4.79 Å². The maximum absolute atomic E-state index is 12.1. The van der Waals surface area contributed by atoms with E-state index in [9.17, 15) is 33.9 Å². The molecule has 7 N–H and O–H groups in total. The molecule has 0 rings (SSSR count). The molecule has 29 heavy (non-hydrogen) atoms. The van der Waals surface area contributed by atoms with E-state index in [4.69, 9.17) is 10.2 Å². The maximum atomic E-state index is 12.1. The number of aliphatic hydroxyl groups is 1. The molecule has 0 saturated heterocycles. The van der Waals surface area contributed by atoms with Crippen molar-refractivity contribution in [3.05, 3.63) is 0 Å². The lowest BCUT2D eigenvalue weighted by molar-refractivity contribution is -0.143. The summed E-state index contributed by atoms with van der Waals surface area (Å²) in [5.74, 6) is -5.50. The van der Waals surface area contributed by atoms with Gasteiger partial charge in [0.1, 0.15) is 18.1 Å². The standard InChI is InChI=1S/C16H26N4O9/c1-8(2)13(18-7-22)15(27)17-5-11(23)19-10(6-21)14(26)20-9(16(28)29)3-4-12(24)25/h7-10,13,21H,3-6H2,1-2H3,(H,17,27)(H,18,22)(H,19,23)(H,20,26)(H,24,25)(H,28,29)/t9-,10-,13-/m0/s1. The number of carboxylic acid groups (broad SMARTS) is 2. The molecule has 164 valence electrons. The minimum absolute atomic E-state index is 0.252. The third kappa shape index (κ3) is 10.0. The van der Waals surface area contributed by atoms with E-state index in [2.05, 4.69) is 16.0 Å². The van der Waals surface area contributed by atoms with E-state index in [1.807, 2.05) is 5.32 Å². The highest BCUT2D eigenvalue weighted by Gasteiger charge is 2.27. The molecule has 0 saturated carbocycles. The number of nitrogens with one attached hydrogen (secondary N) is 4. The average Bonchev–Trinajstić information content (AvgIpc) is 2.64. The van der Waals surface area contributed by atoms with Crippen LogP contribution in [0.4, 0.5) is 0 Å². The van der Waals surface area contributed by atoms with Gasteiger partial charge in [0.15, 0.2) is 0 Å². The van der Waals surface area contributed by atoms with Gasteiger partial charge in [-0.05, 0) is 12.3 Å². The van der Waals surface area contributed by atoms with E-state index in [1.165, 1.54) is 0 Å². The molecule has 0 aromatic heterocycles. The van der Waals surface area contributed by atoms with Gasteiger partial charge in [0, 0.05) is 6.42 Å². The van der Waals surface area contributed by atoms with Crippen LogP contribution in [0.15, 0.2) is 0 Å². The number of amides is 4. The maximum Gasteiger partial charge on any atom is 0.326 e. The van der Waals surface area contributed by atoms with E-state index >= 15 is 0 Å². The van der Waals surface area contributed by atoms with E-state index < -0.39 is 67.4 Å². The van der Waals surface area contributed by atoms with Gasteiger partial charge in [0.25, 0.3) is 0 Å². The molecule has 0 aliphatic carbocycles. The van der Waals surface area contributed by atoms with Crippen molar-refractivity contribution in [3.63, 3.8) is 0 Å². The van der Waals surface area contributed by atoms with Gasteiger partial charge in [-0.1, -0.05) is 13.8 Å². The highest BCUT2D eigenvalue weighted by atomic mass is 16.4.